The highest BCUT2D eigenvalue weighted by Gasteiger charge is 2.10. The Morgan fingerprint density at radius 2 is 1.76 bits per heavy atom. The number of aromatic nitrogens is 2. The molecule has 0 spiro atoms. The third-order valence-corrected chi connectivity index (χ3v) is 3.40. The van der Waals surface area contributed by atoms with E-state index in [2.05, 4.69) is 9.97 Å². The maximum Gasteiger partial charge on any atom is 0.118 e. The number of rotatable bonds is 4. The number of nitrogens with zero attached hydrogens (tertiary/aromatic N) is 2. The number of hydrogen-bond acceptors (Lipinski definition) is 4. The fourth-order valence-corrected chi connectivity index (χ4v) is 2.24. The molecule has 0 unspecified atom stereocenters. The monoisotopic (exact) mass is 280 g/mol. The molecule has 0 aliphatic carbocycles. The van der Waals surface area contributed by atoms with E-state index in [1.807, 2.05) is 48.5 Å². The van der Waals surface area contributed by atoms with Crippen molar-refractivity contribution in [3.8, 4) is 5.75 Å². The molecule has 0 radical (unpaired) electrons. The summed E-state index contributed by atoms with van der Waals surface area (Å²) in [6, 6.07) is 15.1. The number of benzene rings is 2. The molecule has 4 heteroatoms. The van der Waals surface area contributed by atoms with E-state index in [4.69, 9.17) is 4.74 Å². The third kappa shape index (κ3) is 3.01. The van der Waals surface area contributed by atoms with Crippen LogP contribution in [0, 0.1) is 0 Å². The van der Waals surface area contributed by atoms with Gasteiger partial charge in [-0.25, -0.2) is 4.98 Å². The normalized spacial score (nSPS) is 12.3. The zero-order valence-corrected chi connectivity index (χ0v) is 11.7. The highest BCUT2D eigenvalue weighted by molar-refractivity contribution is 5.73. The van der Waals surface area contributed by atoms with Crippen LogP contribution >= 0.6 is 0 Å². The van der Waals surface area contributed by atoms with E-state index in [1.54, 1.807) is 13.3 Å². The van der Waals surface area contributed by atoms with Crippen molar-refractivity contribution in [1.29, 1.82) is 0 Å². The first-order valence-corrected chi connectivity index (χ1v) is 6.79. The third-order valence-electron chi connectivity index (χ3n) is 3.40. The summed E-state index contributed by atoms with van der Waals surface area (Å²) in [6.07, 6.45) is 1.55. The number of ether oxygens (including phenoxy) is 1. The first kappa shape index (κ1) is 13.5. The molecule has 0 saturated heterocycles. The van der Waals surface area contributed by atoms with Crippen LogP contribution in [0.3, 0.4) is 0 Å². The standard InChI is InChI=1S/C17H16N2O2/c1-21-14-8-6-12(7-9-14)17(20)10-13-11-18-15-4-2-3-5-16(15)19-13/h2-9,11,17,20H,10H2,1H3/t17-/m1/s1. The van der Waals surface area contributed by atoms with Crippen molar-refractivity contribution in [2.45, 2.75) is 12.5 Å². The molecule has 1 aromatic heterocycles. The average Bonchev–Trinajstić information content (AvgIpc) is 2.55. The van der Waals surface area contributed by atoms with E-state index >= 15 is 0 Å². The van der Waals surface area contributed by atoms with Gasteiger partial charge in [-0.15, -0.1) is 0 Å². The molecule has 0 fully saturated rings. The predicted octanol–water partition coefficient (Wildman–Crippen LogP) is 2.91. The van der Waals surface area contributed by atoms with Crippen molar-refractivity contribution in [1.82, 2.24) is 9.97 Å². The number of hydrogen-bond donors (Lipinski definition) is 1. The Hall–Kier alpha value is -2.46. The SMILES string of the molecule is COc1ccc([C@H](O)Cc2cnc3ccccc3n2)cc1. The Labute approximate surface area is 123 Å². The van der Waals surface area contributed by atoms with Crippen molar-refractivity contribution in [3.05, 3.63) is 66.0 Å². The van der Waals surface area contributed by atoms with Crippen LogP contribution in [0.1, 0.15) is 17.4 Å². The summed E-state index contributed by atoms with van der Waals surface area (Å²) in [5, 5.41) is 10.3. The van der Waals surface area contributed by atoms with Gasteiger partial charge in [0.1, 0.15) is 5.75 Å². The highest BCUT2D eigenvalue weighted by atomic mass is 16.5. The number of para-hydroxylation sites is 2. The molecule has 0 aliphatic rings. The van der Waals surface area contributed by atoms with Gasteiger partial charge in [-0.2, -0.15) is 0 Å². The fourth-order valence-electron chi connectivity index (χ4n) is 2.24. The van der Waals surface area contributed by atoms with Gasteiger partial charge in [0.25, 0.3) is 0 Å². The molecule has 1 atom stereocenters. The topological polar surface area (TPSA) is 55.2 Å². The molecule has 3 aromatic rings. The van der Waals surface area contributed by atoms with Gasteiger partial charge in [-0.3, -0.25) is 4.98 Å². The lowest BCUT2D eigenvalue weighted by atomic mass is 10.0. The van der Waals surface area contributed by atoms with Crippen molar-refractivity contribution in [2.24, 2.45) is 0 Å². The van der Waals surface area contributed by atoms with Crippen LogP contribution in [0.2, 0.25) is 0 Å². The Morgan fingerprint density at radius 1 is 1.05 bits per heavy atom. The van der Waals surface area contributed by atoms with Crippen molar-refractivity contribution in [3.63, 3.8) is 0 Å². The summed E-state index contributed by atoms with van der Waals surface area (Å²) in [6.45, 7) is 0. The van der Waals surface area contributed by atoms with Crippen LogP contribution in [0.4, 0.5) is 0 Å². The lowest BCUT2D eigenvalue weighted by Crippen LogP contribution is -2.04. The van der Waals surface area contributed by atoms with Gasteiger partial charge in [-0.1, -0.05) is 24.3 Å². The molecule has 0 saturated carbocycles. The summed E-state index contributed by atoms with van der Waals surface area (Å²) in [7, 11) is 1.62. The van der Waals surface area contributed by atoms with Gasteiger partial charge in [0.15, 0.2) is 0 Å². The molecule has 0 bridgehead atoms. The lowest BCUT2D eigenvalue weighted by molar-refractivity contribution is 0.177. The maximum absolute atomic E-state index is 10.3. The molecule has 1 N–H and O–H groups in total. The minimum absolute atomic E-state index is 0.435. The second-order valence-electron chi connectivity index (χ2n) is 4.84. The van der Waals surface area contributed by atoms with E-state index in [-0.39, 0.29) is 0 Å². The molecule has 0 aliphatic heterocycles. The van der Waals surface area contributed by atoms with Crippen molar-refractivity contribution in [2.75, 3.05) is 7.11 Å². The Balaban J connectivity index is 1.79. The molecular formula is C17H16N2O2. The molecule has 4 nitrogen and oxygen atoms in total. The van der Waals surface area contributed by atoms with Gasteiger partial charge >= 0.3 is 0 Å². The summed E-state index contributed by atoms with van der Waals surface area (Å²) in [5.41, 5.74) is 3.32. The van der Waals surface area contributed by atoms with E-state index in [1.165, 1.54) is 0 Å². The molecular weight excluding hydrogens is 264 g/mol. The van der Waals surface area contributed by atoms with E-state index in [9.17, 15) is 5.11 Å². The van der Waals surface area contributed by atoms with Crippen LogP contribution in [0.5, 0.6) is 5.75 Å². The first-order valence-electron chi connectivity index (χ1n) is 6.79. The minimum Gasteiger partial charge on any atom is -0.497 e. The van der Waals surface area contributed by atoms with E-state index in [0.29, 0.717) is 6.42 Å². The number of fused-ring (bicyclic) bond motifs is 1. The summed E-state index contributed by atoms with van der Waals surface area (Å²) in [4.78, 5) is 8.89. The van der Waals surface area contributed by atoms with Crippen molar-refractivity contribution >= 4 is 11.0 Å². The largest absolute Gasteiger partial charge is 0.497 e. The number of aliphatic hydroxyl groups excluding tert-OH is 1. The molecule has 0 amide bonds. The van der Waals surface area contributed by atoms with E-state index < -0.39 is 6.10 Å². The quantitative estimate of drug-likeness (QED) is 0.798. The van der Waals surface area contributed by atoms with Crippen LogP contribution in [0.15, 0.2) is 54.7 Å². The highest BCUT2D eigenvalue weighted by Crippen LogP contribution is 2.21. The summed E-state index contributed by atoms with van der Waals surface area (Å²) >= 11 is 0. The summed E-state index contributed by atoms with van der Waals surface area (Å²) in [5.74, 6) is 0.774. The van der Waals surface area contributed by atoms with Crippen LogP contribution in [-0.4, -0.2) is 22.2 Å². The average molecular weight is 280 g/mol. The lowest BCUT2D eigenvalue weighted by Gasteiger charge is -2.11. The molecule has 1 heterocycles. The fraction of sp³-hybridized carbons (Fsp3) is 0.176. The van der Waals surface area contributed by atoms with Gasteiger partial charge in [-0.05, 0) is 29.8 Å². The zero-order valence-electron chi connectivity index (χ0n) is 11.7. The number of methoxy groups -OCH3 is 1. The second kappa shape index (κ2) is 5.89. The molecule has 106 valence electrons. The van der Waals surface area contributed by atoms with Crippen LogP contribution in [0.25, 0.3) is 11.0 Å². The van der Waals surface area contributed by atoms with Crippen molar-refractivity contribution < 1.29 is 9.84 Å². The van der Waals surface area contributed by atoms with Gasteiger partial charge in [0.2, 0.25) is 0 Å². The zero-order chi connectivity index (χ0) is 14.7. The Kier molecular flexibility index (Phi) is 3.79. The number of aliphatic hydroxyl groups is 1. The maximum atomic E-state index is 10.3. The molecule has 2 aromatic carbocycles. The van der Waals surface area contributed by atoms with Crippen LogP contribution in [-0.2, 0) is 6.42 Å². The Morgan fingerprint density at radius 3 is 2.48 bits per heavy atom. The summed E-state index contributed by atoms with van der Waals surface area (Å²) < 4.78 is 5.11. The predicted molar refractivity (Wildman–Crippen MR) is 81.2 cm³/mol. The van der Waals surface area contributed by atoms with E-state index in [0.717, 1.165) is 28.0 Å². The smallest absolute Gasteiger partial charge is 0.118 e. The van der Waals surface area contributed by atoms with Crippen LogP contribution < -0.4 is 4.74 Å². The Bertz CT molecular complexity index is 741. The second-order valence-corrected chi connectivity index (χ2v) is 4.84. The minimum atomic E-state index is -0.605. The molecule has 3 rings (SSSR count). The van der Waals surface area contributed by atoms with Gasteiger partial charge in [0.05, 0.1) is 29.9 Å². The molecule has 21 heavy (non-hydrogen) atoms. The van der Waals surface area contributed by atoms with Gasteiger partial charge < -0.3 is 9.84 Å². The van der Waals surface area contributed by atoms with Gasteiger partial charge in [0, 0.05) is 12.6 Å². The first-order chi connectivity index (χ1) is 10.3.